The van der Waals surface area contributed by atoms with Crippen molar-refractivity contribution in [3.63, 3.8) is 0 Å². The molecule has 1 N–H and O–H groups in total. The summed E-state index contributed by atoms with van der Waals surface area (Å²) < 4.78 is 13.8. The predicted octanol–water partition coefficient (Wildman–Crippen LogP) is 4.85. The third kappa shape index (κ3) is 4.08. The van der Waals surface area contributed by atoms with Crippen molar-refractivity contribution in [2.24, 2.45) is 0 Å². The molecule has 0 aliphatic heterocycles. The Labute approximate surface area is 130 Å². The Morgan fingerprint density at radius 2 is 1.95 bits per heavy atom. The van der Waals surface area contributed by atoms with E-state index in [1.165, 1.54) is 28.9 Å². The Bertz CT molecular complexity index is 650. The van der Waals surface area contributed by atoms with E-state index < -0.39 is 0 Å². The van der Waals surface area contributed by atoms with Gasteiger partial charge in [0.15, 0.2) is 0 Å². The molecule has 0 amide bonds. The van der Waals surface area contributed by atoms with Gasteiger partial charge in [0, 0.05) is 22.4 Å². The minimum Gasteiger partial charge on any atom is -0.310 e. The summed E-state index contributed by atoms with van der Waals surface area (Å²) in [4.78, 5) is 2.16. The van der Waals surface area contributed by atoms with Crippen LogP contribution in [-0.2, 0) is 6.54 Å². The normalized spacial score (nSPS) is 14.4. The van der Waals surface area contributed by atoms with E-state index in [2.05, 4.69) is 43.4 Å². The summed E-state index contributed by atoms with van der Waals surface area (Å²) >= 11 is 1.64. The minimum atomic E-state index is -0.155. The molecule has 21 heavy (non-hydrogen) atoms. The second-order valence-electron chi connectivity index (χ2n) is 5.82. The van der Waals surface area contributed by atoms with Gasteiger partial charge in [-0.15, -0.1) is 0 Å². The van der Waals surface area contributed by atoms with Crippen LogP contribution >= 0.6 is 11.8 Å². The lowest BCUT2D eigenvalue weighted by atomic mass is 10.2. The number of hydrogen-bond donors (Lipinski definition) is 1. The lowest BCUT2D eigenvalue weighted by Crippen LogP contribution is -2.15. The lowest BCUT2D eigenvalue weighted by Gasteiger charge is -2.09. The molecule has 0 bridgehead atoms. The Hall–Kier alpha value is -1.32. The van der Waals surface area contributed by atoms with E-state index in [1.54, 1.807) is 23.9 Å². The van der Waals surface area contributed by atoms with E-state index in [-0.39, 0.29) is 5.82 Å². The molecule has 110 valence electrons. The van der Waals surface area contributed by atoms with Gasteiger partial charge in [-0.2, -0.15) is 0 Å². The molecular weight excluding hydrogens is 281 g/mol. The fraction of sp³-hybridized carbons (Fsp3) is 0.333. The van der Waals surface area contributed by atoms with E-state index in [4.69, 9.17) is 0 Å². The van der Waals surface area contributed by atoms with Gasteiger partial charge in [0.1, 0.15) is 5.82 Å². The van der Waals surface area contributed by atoms with E-state index >= 15 is 0 Å². The molecule has 1 aliphatic rings. The summed E-state index contributed by atoms with van der Waals surface area (Å²) in [7, 11) is 0. The van der Waals surface area contributed by atoms with E-state index in [9.17, 15) is 4.39 Å². The highest BCUT2D eigenvalue weighted by Gasteiger charge is 2.20. The summed E-state index contributed by atoms with van der Waals surface area (Å²) in [5.41, 5.74) is 3.48. The van der Waals surface area contributed by atoms with Gasteiger partial charge in [-0.05, 0) is 67.6 Å². The summed E-state index contributed by atoms with van der Waals surface area (Å²) in [5.74, 6) is -0.155. The van der Waals surface area contributed by atoms with Crippen molar-refractivity contribution in [3.8, 4) is 0 Å². The zero-order chi connectivity index (χ0) is 14.8. The van der Waals surface area contributed by atoms with E-state index in [0.29, 0.717) is 6.04 Å². The molecule has 0 heterocycles. The first-order valence-electron chi connectivity index (χ1n) is 7.38. The highest BCUT2D eigenvalue weighted by molar-refractivity contribution is 7.99. The van der Waals surface area contributed by atoms with Gasteiger partial charge in [-0.1, -0.05) is 23.9 Å². The Balaban J connectivity index is 1.78. The van der Waals surface area contributed by atoms with Gasteiger partial charge in [-0.25, -0.2) is 4.39 Å². The molecule has 0 aromatic heterocycles. The maximum atomic E-state index is 13.8. The Morgan fingerprint density at radius 1 is 1.14 bits per heavy atom. The van der Waals surface area contributed by atoms with Crippen molar-refractivity contribution >= 4 is 11.8 Å². The molecule has 2 aromatic rings. The number of hydrogen-bond acceptors (Lipinski definition) is 2. The van der Waals surface area contributed by atoms with Crippen LogP contribution in [0.25, 0.3) is 0 Å². The summed E-state index contributed by atoms with van der Waals surface area (Å²) in [6, 6.07) is 12.4. The van der Waals surface area contributed by atoms with Gasteiger partial charge >= 0.3 is 0 Å². The van der Waals surface area contributed by atoms with E-state index in [0.717, 1.165) is 17.0 Å². The smallest absolute Gasteiger partial charge is 0.124 e. The lowest BCUT2D eigenvalue weighted by molar-refractivity contribution is 0.615. The SMILES string of the molecule is Cc1ccc(C)c(Sc2cc(F)cc(CNC3CC3)c2)c1. The molecule has 3 rings (SSSR count). The monoisotopic (exact) mass is 301 g/mol. The minimum absolute atomic E-state index is 0.155. The maximum Gasteiger partial charge on any atom is 0.124 e. The van der Waals surface area contributed by atoms with Crippen LogP contribution in [0.1, 0.15) is 29.5 Å². The predicted molar refractivity (Wildman–Crippen MR) is 86.3 cm³/mol. The number of nitrogens with one attached hydrogen (secondary N) is 1. The molecule has 0 spiro atoms. The quantitative estimate of drug-likeness (QED) is 0.847. The molecule has 0 saturated heterocycles. The Morgan fingerprint density at radius 3 is 2.71 bits per heavy atom. The van der Waals surface area contributed by atoms with Crippen molar-refractivity contribution in [2.45, 2.75) is 49.1 Å². The molecular formula is C18H20FNS. The third-order valence-corrected chi connectivity index (χ3v) is 4.81. The van der Waals surface area contributed by atoms with Crippen LogP contribution < -0.4 is 5.32 Å². The van der Waals surface area contributed by atoms with Gasteiger partial charge in [0.2, 0.25) is 0 Å². The van der Waals surface area contributed by atoms with Gasteiger partial charge in [-0.3, -0.25) is 0 Å². The van der Waals surface area contributed by atoms with Gasteiger partial charge in [0.05, 0.1) is 0 Å². The number of rotatable bonds is 5. The molecule has 0 unspecified atom stereocenters. The standard InChI is InChI=1S/C18H20FNS/c1-12-3-4-13(2)18(7-12)21-17-9-14(8-15(19)10-17)11-20-16-5-6-16/h3-4,7-10,16,20H,5-6,11H2,1-2H3. The van der Waals surface area contributed by atoms with Crippen LogP contribution in [0.5, 0.6) is 0 Å². The Kier molecular flexibility index (Phi) is 4.32. The molecule has 0 radical (unpaired) electrons. The first kappa shape index (κ1) is 14.6. The molecule has 0 atom stereocenters. The third-order valence-electron chi connectivity index (χ3n) is 3.67. The fourth-order valence-corrected chi connectivity index (χ4v) is 3.39. The second-order valence-corrected chi connectivity index (χ2v) is 6.94. The van der Waals surface area contributed by atoms with Crippen LogP contribution in [0.3, 0.4) is 0 Å². The summed E-state index contributed by atoms with van der Waals surface area (Å²) in [6.45, 7) is 4.93. The van der Waals surface area contributed by atoms with Crippen molar-refractivity contribution in [3.05, 3.63) is 58.9 Å². The van der Waals surface area contributed by atoms with Crippen molar-refractivity contribution in [1.82, 2.24) is 5.32 Å². The van der Waals surface area contributed by atoms with Crippen LogP contribution in [0, 0.1) is 19.7 Å². The first-order chi connectivity index (χ1) is 10.1. The summed E-state index contributed by atoms with van der Waals surface area (Å²) in [6.07, 6.45) is 2.50. The van der Waals surface area contributed by atoms with Crippen molar-refractivity contribution in [1.29, 1.82) is 0 Å². The largest absolute Gasteiger partial charge is 0.310 e. The number of halogens is 1. The molecule has 1 nitrogen and oxygen atoms in total. The average Bonchev–Trinajstić information content (AvgIpc) is 3.24. The molecule has 2 aromatic carbocycles. The van der Waals surface area contributed by atoms with Crippen molar-refractivity contribution < 1.29 is 4.39 Å². The number of aryl methyl sites for hydroxylation is 2. The van der Waals surface area contributed by atoms with Crippen LogP contribution in [-0.4, -0.2) is 6.04 Å². The summed E-state index contributed by atoms with van der Waals surface area (Å²) in [5, 5.41) is 3.44. The van der Waals surface area contributed by atoms with Gasteiger partial charge < -0.3 is 5.32 Å². The molecule has 1 saturated carbocycles. The van der Waals surface area contributed by atoms with E-state index in [1.807, 2.05) is 0 Å². The zero-order valence-corrected chi connectivity index (χ0v) is 13.3. The highest BCUT2D eigenvalue weighted by atomic mass is 32.2. The molecule has 1 aliphatic carbocycles. The fourth-order valence-electron chi connectivity index (χ4n) is 2.28. The number of benzene rings is 2. The highest BCUT2D eigenvalue weighted by Crippen LogP contribution is 2.32. The van der Waals surface area contributed by atoms with Crippen molar-refractivity contribution in [2.75, 3.05) is 0 Å². The average molecular weight is 301 g/mol. The topological polar surface area (TPSA) is 12.0 Å². The first-order valence-corrected chi connectivity index (χ1v) is 8.20. The zero-order valence-electron chi connectivity index (χ0n) is 12.4. The molecule has 1 fully saturated rings. The maximum absolute atomic E-state index is 13.8. The second kappa shape index (κ2) is 6.20. The van der Waals surface area contributed by atoms with Gasteiger partial charge in [0.25, 0.3) is 0 Å². The van der Waals surface area contributed by atoms with Crippen LogP contribution in [0.2, 0.25) is 0 Å². The van der Waals surface area contributed by atoms with Crippen LogP contribution in [0.4, 0.5) is 4.39 Å². The molecule has 3 heteroatoms. The van der Waals surface area contributed by atoms with Crippen LogP contribution in [0.15, 0.2) is 46.2 Å².